The lowest BCUT2D eigenvalue weighted by molar-refractivity contribution is 0.367. The molecule has 1 aliphatic heterocycles. The molecule has 0 saturated heterocycles. The number of nitrogens with zero attached hydrogens (tertiary/aromatic N) is 2. The Morgan fingerprint density at radius 2 is 2.56 bits per heavy atom. The van der Waals surface area contributed by atoms with Gasteiger partial charge in [-0.3, -0.25) is 9.09 Å². The van der Waals surface area contributed by atoms with E-state index in [4.69, 9.17) is 0 Å². The van der Waals surface area contributed by atoms with Gasteiger partial charge in [0.2, 0.25) is 0 Å². The zero-order valence-corrected chi connectivity index (χ0v) is 4.83. The zero-order valence-electron chi connectivity index (χ0n) is 4.83. The largest absolute Gasteiger partial charge is 0.441 e. The molecule has 0 N–H and O–H groups in total. The Labute approximate surface area is 51.1 Å². The maximum atomic E-state index is 10.6. The van der Waals surface area contributed by atoms with Crippen molar-refractivity contribution >= 4 is 0 Å². The Balaban J connectivity index is 2.70. The van der Waals surface area contributed by atoms with Crippen molar-refractivity contribution in [3.8, 4) is 0 Å². The van der Waals surface area contributed by atoms with Crippen LogP contribution in [0, 0.1) is 0 Å². The lowest BCUT2D eigenvalue weighted by Crippen LogP contribution is -2.11. The maximum Gasteiger partial charge on any atom is 0.441 e. The third-order valence-electron chi connectivity index (χ3n) is 1.54. The number of rotatable bonds is 0. The van der Waals surface area contributed by atoms with E-state index in [2.05, 4.69) is 9.68 Å². The molecule has 2 rings (SSSR count). The number of hydrogen-bond donors (Lipinski definition) is 0. The minimum atomic E-state index is -0.317. The predicted molar refractivity (Wildman–Crippen MR) is 29.1 cm³/mol. The molecule has 0 aliphatic carbocycles. The summed E-state index contributed by atoms with van der Waals surface area (Å²) in [6.07, 6.45) is 1.90. The molecule has 1 aliphatic rings. The molecule has 4 heteroatoms. The maximum absolute atomic E-state index is 10.6. The third-order valence-corrected chi connectivity index (χ3v) is 1.54. The van der Waals surface area contributed by atoms with Crippen LogP contribution in [0.5, 0.6) is 0 Å². The summed E-state index contributed by atoms with van der Waals surface area (Å²) < 4.78 is 5.96. The highest BCUT2D eigenvalue weighted by atomic mass is 16.5. The Morgan fingerprint density at radius 3 is 3.33 bits per heavy atom. The molecular formula is C5H6N2O2. The van der Waals surface area contributed by atoms with Crippen molar-refractivity contribution in [1.82, 2.24) is 9.72 Å². The molecule has 2 heterocycles. The van der Waals surface area contributed by atoms with Crippen molar-refractivity contribution in [2.45, 2.75) is 19.4 Å². The summed E-state index contributed by atoms with van der Waals surface area (Å²) in [5, 5.41) is 3.57. The van der Waals surface area contributed by atoms with Crippen molar-refractivity contribution in [3.63, 3.8) is 0 Å². The first-order chi connectivity index (χ1) is 4.38. The van der Waals surface area contributed by atoms with Crippen LogP contribution in [-0.4, -0.2) is 9.72 Å². The molecule has 48 valence electrons. The molecule has 0 amide bonds. The van der Waals surface area contributed by atoms with Gasteiger partial charge in [-0.25, -0.2) is 4.79 Å². The minimum absolute atomic E-state index is 0.317. The van der Waals surface area contributed by atoms with E-state index in [-0.39, 0.29) is 5.76 Å². The van der Waals surface area contributed by atoms with Gasteiger partial charge in [-0.1, -0.05) is 5.16 Å². The minimum Gasteiger partial charge on any atom is -0.296 e. The number of hydrogen-bond acceptors (Lipinski definition) is 3. The van der Waals surface area contributed by atoms with E-state index in [1.54, 1.807) is 4.57 Å². The van der Waals surface area contributed by atoms with Crippen molar-refractivity contribution in [3.05, 3.63) is 16.4 Å². The molecule has 0 fully saturated rings. The van der Waals surface area contributed by atoms with Crippen LogP contribution in [0.4, 0.5) is 0 Å². The van der Waals surface area contributed by atoms with Gasteiger partial charge in [-0.2, -0.15) is 0 Å². The molecule has 9 heavy (non-hydrogen) atoms. The van der Waals surface area contributed by atoms with Crippen LogP contribution in [0.3, 0.4) is 0 Å². The van der Waals surface area contributed by atoms with Gasteiger partial charge >= 0.3 is 5.76 Å². The van der Waals surface area contributed by atoms with Crippen molar-refractivity contribution < 1.29 is 4.52 Å². The van der Waals surface area contributed by atoms with Gasteiger partial charge in [0.1, 0.15) is 0 Å². The standard InChI is InChI=1S/C5H6N2O2/c8-5-7-3-1-2-4(7)6-9-5/h1-3H2. The quantitative estimate of drug-likeness (QED) is 0.483. The zero-order chi connectivity index (χ0) is 6.27. The van der Waals surface area contributed by atoms with Crippen molar-refractivity contribution in [2.24, 2.45) is 0 Å². The fourth-order valence-electron chi connectivity index (χ4n) is 1.09. The molecule has 0 unspecified atom stereocenters. The highest BCUT2D eigenvalue weighted by molar-refractivity contribution is 4.89. The molecule has 0 saturated carbocycles. The van der Waals surface area contributed by atoms with Gasteiger partial charge in [-0.05, 0) is 6.42 Å². The van der Waals surface area contributed by atoms with Crippen LogP contribution in [0.15, 0.2) is 9.32 Å². The third kappa shape index (κ3) is 0.526. The Hall–Kier alpha value is -1.06. The number of aromatic nitrogens is 2. The number of fused-ring (bicyclic) bond motifs is 1. The summed E-state index contributed by atoms with van der Waals surface area (Å²) in [4.78, 5) is 10.6. The van der Waals surface area contributed by atoms with Crippen LogP contribution in [0.2, 0.25) is 0 Å². The molecule has 0 radical (unpaired) electrons. The molecule has 1 aromatic heterocycles. The summed E-state index contributed by atoms with van der Waals surface area (Å²) >= 11 is 0. The van der Waals surface area contributed by atoms with Crippen molar-refractivity contribution in [2.75, 3.05) is 0 Å². The van der Waals surface area contributed by atoms with Gasteiger partial charge in [0, 0.05) is 13.0 Å². The molecular weight excluding hydrogens is 120 g/mol. The van der Waals surface area contributed by atoms with Gasteiger partial charge in [0.05, 0.1) is 0 Å². The van der Waals surface area contributed by atoms with Crippen molar-refractivity contribution in [1.29, 1.82) is 0 Å². The van der Waals surface area contributed by atoms with E-state index >= 15 is 0 Å². The van der Waals surface area contributed by atoms with E-state index in [1.807, 2.05) is 0 Å². The lowest BCUT2D eigenvalue weighted by Gasteiger charge is -1.82. The molecule has 0 aromatic carbocycles. The topological polar surface area (TPSA) is 48.0 Å². The molecule has 0 bridgehead atoms. The smallest absolute Gasteiger partial charge is 0.296 e. The summed E-state index contributed by atoms with van der Waals surface area (Å²) in [6, 6.07) is 0. The monoisotopic (exact) mass is 126 g/mol. The molecule has 4 nitrogen and oxygen atoms in total. The summed E-state index contributed by atoms with van der Waals surface area (Å²) in [6.45, 7) is 0.775. The second-order valence-corrected chi connectivity index (χ2v) is 2.12. The Kier molecular flexibility index (Phi) is 0.777. The second-order valence-electron chi connectivity index (χ2n) is 2.12. The summed E-state index contributed by atoms with van der Waals surface area (Å²) in [5.74, 6) is 0.475. The molecule has 1 aromatic rings. The average Bonchev–Trinajstić information content (AvgIpc) is 2.35. The normalized spacial score (nSPS) is 16.0. The number of aryl methyl sites for hydroxylation is 1. The highest BCUT2D eigenvalue weighted by Crippen LogP contribution is 2.06. The summed E-state index contributed by atoms with van der Waals surface area (Å²) in [7, 11) is 0. The highest BCUT2D eigenvalue weighted by Gasteiger charge is 2.15. The molecule has 0 atom stereocenters. The van der Waals surface area contributed by atoms with E-state index in [0.717, 1.165) is 25.2 Å². The van der Waals surface area contributed by atoms with E-state index in [1.165, 1.54) is 0 Å². The van der Waals surface area contributed by atoms with E-state index < -0.39 is 0 Å². The lowest BCUT2D eigenvalue weighted by atomic mass is 10.4. The fraction of sp³-hybridized carbons (Fsp3) is 0.600. The first-order valence-corrected chi connectivity index (χ1v) is 2.93. The van der Waals surface area contributed by atoms with Crippen LogP contribution in [-0.2, 0) is 13.0 Å². The average molecular weight is 126 g/mol. The van der Waals surface area contributed by atoms with Gasteiger partial charge < -0.3 is 0 Å². The first kappa shape index (κ1) is 4.78. The van der Waals surface area contributed by atoms with E-state index in [0.29, 0.717) is 0 Å². The van der Waals surface area contributed by atoms with Crippen LogP contribution < -0.4 is 5.76 Å². The Morgan fingerprint density at radius 1 is 1.67 bits per heavy atom. The second kappa shape index (κ2) is 1.46. The summed E-state index contributed by atoms with van der Waals surface area (Å²) in [5.41, 5.74) is 0. The SMILES string of the molecule is O=c1onc2n1CCC2. The van der Waals surface area contributed by atoms with Crippen LogP contribution in [0.1, 0.15) is 12.2 Å². The van der Waals surface area contributed by atoms with Gasteiger partial charge in [-0.15, -0.1) is 0 Å². The van der Waals surface area contributed by atoms with Crippen LogP contribution >= 0.6 is 0 Å². The van der Waals surface area contributed by atoms with Gasteiger partial charge in [0.25, 0.3) is 0 Å². The van der Waals surface area contributed by atoms with E-state index in [9.17, 15) is 4.79 Å². The first-order valence-electron chi connectivity index (χ1n) is 2.93. The fourth-order valence-corrected chi connectivity index (χ4v) is 1.09. The van der Waals surface area contributed by atoms with Gasteiger partial charge in [0.15, 0.2) is 5.82 Å². The predicted octanol–water partition coefficient (Wildman–Crippen LogP) is -0.218. The van der Waals surface area contributed by atoms with Crippen LogP contribution in [0.25, 0.3) is 0 Å². The molecule has 0 spiro atoms. The Bertz CT molecular complexity index is 273.